The molecule has 0 amide bonds. The van der Waals surface area contributed by atoms with Crippen LogP contribution in [-0.4, -0.2) is 16.5 Å². The monoisotopic (exact) mass is 323 g/mol. The van der Waals surface area contributed by atoms with Gasteiger partial charge in [-0.25, -0.2) is 9.37 Å². The van der Waals surface area contributed by atoms with Crippen LogP contribution in [0.1, 0.15) is 11.3 Å². The lowest BCUT2D eigenvalue weighted by atomic mass is 10.1. The lowest BCUT2D eigenvalue weighted by Gasteiger charge is -2.16. The highest BCUT2D eigenvalue weighted by Gasteiger charge is 2.16. The zero-order chi connectivity index (χ0) is 13.4. The van der Waals surface area contributed by atoms with E-state index in [1.54, 1.807) is 6.07 Å². The zero-order valence-corrected chi connectivity index (χ0v) is 11.6. The second kappa shape index (κ2) is 4.86. The van der Waals surface area contributed by atoms with Crippen LogP contribution in [0.4, 0.5) is 4.39 Å². The van der Waals surface area contributed by atoms with Crippen molar-refractivity contribution in [2.45, 2.75) is 13.0 Å². The van der Waals surface area contributed by atoms with Crippen LogP contribution in [0.5, 0.6) is 0 Å². The van der Waals surface area contributed by atoms with Gasteiger partial charge in [0.05, 0.1) is 5.69 Å². The molecule has 1 aromatic carbocycles. The van der Waals surface area contributed by atoms with Gasteiger partial charge in [0, 0.05) is 22.1 Å². The fraction of sp³-hybridized carbons (Fsp3) is 0.231. The molecule has 2 heterocycles. The number of rotatable bonds is 1. The Morgan fingerprint density at radius 3 is 3.00 bits per heavy atom. The fourth-order valence-corrected chi connectivity index (χ4v) is 2.72. The standard InChI is InChI=1S/C13H11BrFN3O/c14-10-5-7(15)1-2-8(10)12-17-11-6-16-4-3-9(11)13(19)18-12/h1-2,5,16H,3-4,6H2,(H,17,18,19). The predicted octanol–water partition coefficient (Wildman–Crippen LogP) is 1.98. The summed E-state index contributed by atoms with van der Waals surface area (Å²) >= 11 is 3.29. The number of halogens is 2. The van der Waals surface area contributed by atoms with Crippen LogP contribution < -0.4 is 10.9 Å². The van der Waals surface area contributed by atoms with Crippen molar-refractivity contribution < 1.29 is 4.39 Å². The SMILES string of the molecule is O=c1[nH]c(-c2ccc(F)cc2Br)nc2c1CCNC2. The largest absolute Gasteiger partial charge is 0.311 e. The summed E-state index contributed by atoms with van der Waals surface area (Å²) in [6.07, 6.45) is 0.683. The van der Waals surface area contributed by atoms with Crippen LogP contribution in [0.25, 0.3) is 11.4 Å². The van der Waals surface area contributed by atoms with Crippen LogP contribution in [0.2, 0.25) is 0 Å². The molecule has 0 saturated heterocycles. The van der Waals surface area contributed by atoms with E-state index in [1.165, 1.54) is 12.1 Å². The minimum Gasteiger partial charge on any atom is -0.311 e. The number of hydrogen-bond acceptors (Lipinski definition) is 3. The van der Waals surface area contributed by atoms with Gasteiger partial charge in [0.25, 0.3) is 5.56 Å². The number of aromatic nitrogens is 2. The Morgan fingerprint density at radius 1 is 1.37 bits per heavy atom. The van der Waals surface area contributed by atoms with E-state index in [4.69, 9.17) is 0 Å². The molecule has 0 radical (unpaired) electrons. The van der Waals surface area contributed by atoms with Crippen LogP contribution in [0.3, 0.4) is 0 Å². The molecule has 0 bridgehead atoms. The summed E-state index contributed by atoms with van der Waals surface area (Å²) in [5.74, 6) is 0.122. The van der Waals surface area contributed by atoms with E-state index in [0.717, 1.165) is 17.8 Å². The number of benzene rings is 1. The molecule has 2 aromatic rings. The molecule has 0 fully saturated rings. The zero-order valence-electron chi connectivity index (χ0n) is 9.96. The van der Waals surface area contributed by atoms with Gasteiger partial charge >= 0.3 is 0 Å². The molecule has 0 unspecified atom stereocenters. The Labute approximate surface area is 117 Å². The van der Waals surface area contributed by atoms with Gasteiger partial charge in [-0.3, -0.25) is 4.79 Å². The lowest BCUT2D eigenvalue weighted by molar-refractivity contribution is 0.619. The quantitative estimate of drug-likeness (QED) is 0.843. The highest BCUT2D eigenvalue weighted by atomic mass is 79.9. The first kappa shape index (κ1) is 12.5. The molecule has 1 aliphatic rings. The van der Waals surface area contributed by atoms with E-state index in [9.17, 15) is 9.18 Å². The van der Waals surface area contributed by atoms with Crippen molar-refractivity contribution in [3.63, 3.8) is 0 Å². The predicted molar refractivity (Wildman–Crippen MR) is 73.4 cm³/mol. The normalized spacial score (nSPS) is 14.2. The maximum atomic E-state index is 13.1. The van der Waals surface area contributed by atoms with Gasteiger partial charge in [0.2, 0.25) is 0 Å². The van der Waals surface area contributed by atoms with Crippen molar-refractivity contribution in [3.05, 3.63) is 50.1 Å². The first-order valence-electron chi connectivity index (χ1n) is 5.93. The molecular formula is C13H11BrFN3O. The van der Waals surface area contributed by atoms with E-state index in [-0.39, 0.29) is 11.4 Å². The Kier molecular flexibility index (Phi) is 3.20. The smallest absolute Gasteiger partial charge is 0.254 e. The molecule has 6 heteroatoms. The van der Waals surface area contributed by atoms with E-state index in [0.29, 0.717) is 28.8 Å². The van der Waals surface area contributed by atoms with Crippen molar-refractivity contribution in [2.75, 3.05) is 6.54 Å². The van der Waals surface area contributed by atoms with Crippen molar-refractivity contribution in [1.82, 2.24) is 15.3 Å². The van der Waals surface area contributed by atoms with Crippen molar-refractivity contribution >= 4 is 15.9 Å². The second-order valence-electron chi connectivity index (χ2n) is 4.39. The summed E-state index contributed by atoms with van der Waals surface area (Å²) in [4.78, 5) is 19.3. The summed E-state index contributed by atoms with van der Waals surface area (Å²) in [5.41, 5.74) is 2.06. The van der Waals surface area contributed by atoms with Crippen LogP contribution in [-0.2, 0) is 13.0 Å². The third-order valence-electron chi connectivity index (χ3n) is 3.13. The number of H-pyrrole nitrogens is 1. The molecule has 1 aliphatic heterocycles. The number of nitrogens with one attached hydrogen (secondary N) is 2. The molecule has 3 rings (SSSR count). The van der Waals surface area contributed by atoms with E-state index < -0.39 is 0 Å². The van der Waals surface area contributed by atoms with E-state index >= 15 is 0 Å². The summed E-state index contributed by atoms with van der Waals surface area (Å²) in [6, 6.07) is 4.30. The Bertz CT molecular complexity index is 699. The Balaban J connectivity index is 2.15. The van der Waals surface area contributed by atoms with Crippen molar-refractivity contribution in [2.24, 2.45) is 0 Å². The molecule has 0 atom stereocenters. The van der Waals surface area contributed by atoms with Gasteiger partial charge in [-0.1, -0.05) is 0 Å². The molecule has 0 aliphatic carbocycles. The minimum atomic E-state index is -0.336. The van der Waals surface area contributed by atoms with E-state index in [1.807, 2.05) is 0 Å². The van der Waals surface area contributed by atoms with Crippen LogP contribution in [0, 0.1) is 5.82 Å². The first-order valence-corrected chi connectivity index (χ1v) is 6.72. The van der Waals surface area contributed by atoms with Crippen LogP contribution in [0.15, 0.2) is 27.5 Å². The Morgan fingerprint density at radius 2 is 2.21 bits per heavy atom. The molecule has 19 heavy (non-hydrogen) atoms. The van der Waals surface area contributed by atoms with Crippen molar-refractivity contribution in [3.8, 4) is 11.4 Å². The first-order chi connectivity index (χ1) is 9.15. The third-order valence-corrected chi connectivity index (χ3v) is 3.79. The highest BCUT2D eigenvalue weighted by molar-refractivity contribution is 9.10. The number of aromatic amines is 1. The minimum absolute atomic E-state index is 0.113. The maximum absolute atomic E-state index is 13.1. The highest BCUT2D eigenvalue weighted by Crippen LogP contribution is 2.26. The van der Waals surface area contributed by atoms with Crippen LogP contribution >= 0.6 is 15.9 Å². The molecule has 0 spiro atoms. The molecule has 4 nitrogen and oxygen atoms in total. The van der Waals surface area contributed by atoms with Gasteiger partial charge in [0.15, 0.2) is 0 Å². The van der Waals surface area contributed by atoms with Crippen molar-refractivity contribution in [1.29, 1.82) is 0 Å². The number of fused-ring (bicyclic) bond motifs is 1. The summed E-state index contributed by atoms with van der Waals surface area (Å²) in [6.45, 7) is 1.38. The lowest BCUT2D eigenvalue weighted by Crippen LogP contribution is -2.31. The topological polar surface area (TPSA) is 57.8 Å². The molecule has 2 N–H and O–H groups in total. The summed E-state index contributed by atoms with van der Waals surface area (Å²) in [5, 5.41) is 3.18. The molecular weight excluding hydrogens is 313 g/mol. The average Bonchev–Trinajstić information content (AvgIpc) is 2.38. The van der Waals surface area contributed by atoms with Gasteiger partial charge in [0.1, 0.15) is 11.6 Å². The maximum Gasteiger partial charge on any atom is 0.254 e. The molecule has 1 aromatic heterocycles. The van der Waals surface area contributed by atoms with Gasteiger partial charge in [-0.15, -0.1) is 0 Å². The fourth-order valence-electron chi connectivity index (χ4n) is 2.18. The molecule has 0 saturated carbocycles. The number of nitrogens with zero attached hydrogens (tertiary/aromatic N) is 1. The Hall–Kier alpha value is -1.53. The summed E-state index contributed by atoms with van der Waals surface area (Å²) in [7, 11) is 0. The summed E-state index contributed by atoms with van der Waals surface area (Å²) < 4.78 is 13.7. The van der Waals surface area contributed by atoms with Gasteiger partial charge in [-0.2, -0.15) is 0 Å². The van der Waals surface area contributed by atoms with Gasteiger partial charge in [-0.05, 0) is 47.1 Å². The van der Waals surface area contributed by atoms with E-state index in [2.05, 4.69) is 31.2 Å². The second-order valence-corrected chi connectivity index (χ2v) is 5.25. The number of hydrogen-bond donors (Lipinski definition) is 2. The average molecular weight is 324 g/mol. The third kappa shape index (κ3) is 2.33. The van der Waals surface area contributed by atoms with Gasteiger partial charge < -0.3 is 10.3 Å². The molecule has 98 valence electrons.